The summed E-state index contributed by atoms with van der Waals surface area (Å²) in [5.41, 5.74) is 5.83. The van der Waals surface area contributed by atoms with Crippen molar-refractivity contribution in [3.63, 3.8) is 0 Å². The molecule has 1 aromatic rings. The first-order valence-corrected chi connectivity index (χ1v) is 6.68. The molecule has 0 saturated carbocycles. The van der Waals surface area contributed by atoms with Crippen molar-refractivity contribution in [3.8, 4) is 0 Å². The molecule has 1 atom stereocenters. The van der Waals surface area contributed by atoms with Crippen LogP contribution in [0.4, 0.5) is 5.82 Å². The molecule has 1 aromatic heterocycles. The molecule has 1 aliphatic rings. The molecule has 1 amide bonds. The number of halogens is 1. The first kappa shape index (κ1) is 14.1. The summed E-state index contributed by atoms with van der Waals surface area (Å²) in [7, 11) is 1.82. The van der Waals surface area contributed by atoms with Gasteiger partial charge in [-0.25, -0.2) is 4.98 Å². The molecule has 1 aliphatic heterocycles. The van der Waals surface area contributed by atoms with E-state index in [-0.39, 0.29) is 5.91 Å². The maximum atomic E-state index is 11.4. The third-order valence-corrected chi connectivity index (χ3v) is 4.04. The molecule has 2 heterocycles. The molecule has 0 aliphatic carbocycles. The Balaban J connectivity index is 2.09. The van der Waals surface area contributed by atoms with Crippen molar-refractivity contribution in [1.29, 1.82) is 0 Å². The SMILES string of the molecule is CNc1ccc(Cl)c(CN2CCC(C)(C(N)=O)C2)n1. The highest BCUT2D eigenvalue weighted by Crippen LogP contribution is 2.31. The first-order valence-electron chi connectivity index (χ1n) is 6.30. The number of rotatable bonds is 4. The number of carbonyl (C=O) groups excluding carboxylic acids is 1. The zero-order valence-corrected chi connectivity index (χ0v) is 12.0. The lowest BCUT2D eigenvalue weighted by Gasteiger charge is -2.21. The molecular weight excluding hydrogens is 264 g/mol. The van der Waals surface area contributed by atoms with Crippen LogP contribution in [0.15, 0.2) is 12.1 Å². The monoisotopic (exact) mass is 282 g/mol. The second-order valence-electron chi connectivity index (χ2n) is 5.26. The normalized spacial score (nSPS) is 23.5. The van der Waals surface area contributed by atoms with Crippen LogP contribution in [0.25, 0.3) is 0 Å². The largest absolute Gasteiger partial charge is 0.373 e. The van der Waals surface area contributed by atoms with Gasteiger partial charge < -0.3 is 11.1 Å². The number of aromatic nitrogens is 1. The molecule has 0 bridgehead atoms. The van der Waals surface area contributed by atoms with Gasteiger partial charge in [0.05, 0.1) is 16.1 Å². The van der Waals surface area contributed by atoms with E-state index in [1.807, 2.05) is 26.1 Å². The van der Waals surface area contributed by atoms with Crippen molar-refractivity contribution in [2.24, 2.45) is 11.1 Å². The molecule has 1 fully saturated rings. The highest BCUT2D eigenvalue weighted by Gasteiger charge is 2.38. The van der Waals surface area contributed by atoms with Gasteiger partial charge in [-0.15, -0.1) is 0 Å². The fourth-order valence-corrected chi connectivity index (χ4v) is 2.50. The van der Waals surface area contributed by atoms with Gasteiger partial charge in [0.1, 0.15) is 5.82 Å². The number of likely N-dealkylation sites (tertiary alicyclic amines) is 1. The topological polar surface area (TPSA) is 71.2 Å². The van der Waals surface area contributed by atoms with Gasteiger partial charge in [0.15, 0.2) is 0 Å². The van der Waals surface area contributed by atoms with Gasteiger partial charge in [0.25, 0.3) is 0 Å². The lowest BCUT2D eigenvalue weighted by atomic mass is 9.89. The van der Waals surface area contributed by atoms with Crippen molar-refractivity contribution >= 4 is 23.3 Å². The van der Waals surface area contributed by atoms with Crippen LogP contribution in [0.2, 0.25) is 5.02 Å². The number of hydrogen-bond donors (Lipinski definition) is 2. The number of pyridine rings is 1. The van der Waals surface area contributed by atoms with E-state index >= 15 is 0 Å². The molecule has 6 heteroatoms. The molecule has 0 spiro atoms. The van der Waals surface area contributed by atoms with Crippen LogP contribution < -0.4 is 11.1 Å². The Morgan fingerprint density at radius 2 is 2.37 bits per heavy atom. The molecule has 104 valence electrons. The molecule has 1 unspecified atom stereocenters. The number of nitrogens with one attached hydrogen (secondary N) is 1. The summed E-state index contributed by atoms with van der Waals surface area (Å²) in [5, 5.41) is 3.64. The fourth-order valence-electron chi connectivity index (χ4n) is 2.34. The lowest BCUT2D eigenvalue weighted by Crippen LogP contribution is -2.37. The Labute approximate surface area is 118 Å². The fraction of sp³-hybridized carbons (Fsp3) is 0.538. The number of hydrogen-bond acceptors (Lipinski definition) is 4. The molecule has 0 radical (unpaired) electrons. The van der Waals surface area contributed by atoms with Gasteiger partial charge in [-0.2, -0.15) is 0 Å². The summed E-state index contributed by atoms with van der Waals surface area (Å²) in [6.07, 6.45) is 0.783. The molecule has 19 heavy (non-hydrogen) atoms. The smallest absolute Gasteiger partial charge is 0.224 e. The second kappa shape index (κ2) is 5.35. The number of amides is 1. The van der Waals surface area contributed by atoms with Gasteiger partial charge in [-0.1, -0.05) is 11.6 Å². The van der Waals surface area contributed by atoms with Crippen molar-refractivity contribution < 1.29 is 4.79 Å². The van der Waals surface area contributed by atoms with Crippen molar-refractivity contribution in [3.05, 3.63) is 22.8 Å². The van der Waals surface area contributed by atoms with Gasteiger partial charge in [0.2, 0.25) is 5.91 Å². The van der Waals surface area contributed by atoms with Crippen LogP contribution in [0.1, 0.15) is 19.0 Å². The first-order chi connectivity index (χ1) is 8.94. The maximum absolute atomic E-state index is 11.4. The van der Waals surface area contributed by atoms with E-state index in [4.69, 9.17) is 17.3 Å². The van der Waals surface area contributed by atoms with Gasteiger partial charge >= 0.3 is 0 Å². The zero-order chi connectivity index (χ0) is 14.0. The van der Waals surface area contributed by atoms with Crippen LogP contribution in [0, 0.1) is 5.41 Å². The Bertz CT molecular complexity index is 494. The quantitative estimate of drug-likeness (QED) is 0.877. The van der Waals surface area contributed by atoms with E-state index in [0.717, 1.165) is 24.5 Å². The molecule has 2 rings (SSSR count). The standard InChI is InChI=1S/C13H19ClN4O/c1-13(12(15)19)5-6-18(8-13)7-10-9(14)3-4-11(16-2)17-10/h3-4H,5-8H2,1-2H3,(H2,15,19)(H,16,17). The summed E-state index contributed by atoms with van der Waals surface area (Å²) >= 11 is 6.16. The zero-order valence-electron chi connectivity index (χ0n) is 11.2. The van der Waals surface area contributed by atoms with Crippen LogP contribution in [-0.2, 0) is 11.3 Å². The highest BCUT2D eigenvalue weighted by atomic mass is 35.5. The lowest BCUT2D eigenvalue weighted by molar-refractivity contribution is -0.126. The predicted molar refractivity (Wildman–Crippen MR) is 76.0 cm³/mol. The average Bonchev–Trinajstić information content (AvgIpc) is 2.75. The summed E-state index contributed by atoms with van der Waals surface area (Å²) < 4.78 is 0. The van der Waals surface area contributed by atoms with Crippen molar-refractivity contribution in [2.75, 3.05) is 25.5 Å². The van der Waals surface area contributed by atoms with Gasteiger partial charge in [-0.3, -0.25) is 9.69 Å². The predicted octanol–water partition coefficient (Wildman–Crippen LogP) is 1.47. The summed E-state index contributed by atoms with van der Waals surface area (Å²) in [6.45, 7) is 4.04. The molecule has 3 N–H and O–H groups in total. The minimum atomic E-state index is -0.437. The number of nitrogens with zero attached hydrogens (tertiary/aromatic N) is 2. The Kier molecular flexibility index (Phi) is 3.96. The van der Waals surface area contributed by atoms with Crippen LogP contribution >= 0.6 is 11.6 Å². The van der Waals surface area contributed by atoms with E-state index in [2.05, 4.69) is 15.2 Å². The minimum Gasteiger partial charge on any atom is -0.373 e. The number of primary amides is 1. The van der Waals surface area contributed by atoms with E-state index in [1.54, 1.807) is 0 Å². The van der Waals surface area contributed by atoms with Crippen LogP contribution in [-0.4, -0.2) is 35.9 Å². The Hall–Kier alpha value is -1.33. The second-order valence-corrected chi connectivity index (χ2v) is 5.67. The van der Waals surface area contributed by atoms with E-state index in [1.165, 1.54) is 0 Å². The Morgan fingerprint density at radius 1 is 1.63 bits per heavy atom. The van der Waals surface area contributed by atoms with Crippen LogP contribution in [0.5, 0.6) is 0 Å². The average molecular weight is 283 g/mol. The third kappa shape index (κ3) is 2.98. The van der Waals surface area contributed by atoms with E-state index in [9.17, 15) is 4.79 Å². The summed E-state index contributed by atoms with van der Waals surface area (Å²) in [6, 6.07) is 3.67. The molecule has 1 saturated heterocycles. The van der Waals surface area contributed by atoms with E-state index < -0.39 is 5.41 Å². The number of nitrogens with two attached hydrogens (primary N) is 1. The minimum absolute atomic E-state index is 0.238. The van der Waals surface area contributed by atoms with Gasteiger partial charge in [0, 0.05) is 20.1 Å². The third-order valence-electron chi connectivity index (χ3n) is 3.70. The van der Waals surface area contributed by atoms with Crippen molar-refractivity contribution in [1.82, 2.24) is 9.88 Å². The summed E-state index contributed by atoms with van der Waals surface area (Å²) in [5.74, 6) is 0.550. The number of anilines is 1. The van der Waals surface area contributed by atoms with Crippen molar-refractivity contribution in [2.45, 2.75) is 19.9 Å². The maximum Gasteiger partial charge on any atom is 0.224 e. The van der Waals surface area contributed by atoms with E-state index in [0.29, 0.717) is 18.1 Å². The highest BCUT2D eigenvalue weighted by molar-refractivity contribution is 6.31. The summed E-state index contributed by atoms with van der Waals surface area (Å²) in [4.78, 5) is 18.0. The Morgan fingerprint density at radius 3 is 2.95 bits per heavy atom. The molecular formula is C13H19ClN4O. The van der Waals surface area contributed by atoms with Gasteiger partial charge in [-0.05, 0) is 32.0 Å². The number of carbonyl (C=O) groups is 1. The van der Waals surface area contributed by atoms with Crippen LogP contribution in [0.3, 0.4) is 0 Å². The molecule has 0 aromatic carbocycles. The molecule has 5 nitrogen and oxygen atoms in total.